The number of thioether (sulfide) groups is 1. The summed E-state index contributed by atoms with van der Waals surface area (Å²) >= 11 is 0.612. The van der Waals surface area contributed by atoms with Crippen LogP contribution >= 0.6 is 11.8 Å². The van der Waals surface area contributed by atoms with Gasteiger partial charge in [0.05, 0.1) is 0 Å². The summed E-state index contributed by atoms with van der Waals surface area (Å²) in [6, 6.07) is 7.63. The maximum atomic E-state index is 12.6. The summed E-state index contributed by atoms with van der Waals surface area (Å²) in [6.45, 7) is 7.70. The third-order valence-electron chi connectivity index (χ3n) is 4.18. The van der Waals surface area contributed by atoms with Gasteiger partial charge >= 0.3 is 0 Å². The Hall–Kier alpha value is -0.810. The zero-order chi connectivity index (χ0) is 15.2. The Morgan fingerprint density at radius 2 is 2.14 bits per heavy atom. The lowest BCUT2D eigenvalue weighted by molar-refractivity contribution is 0.172. The Balaban J connectivity index is 2.00. The molecule has 21 heavy (non-hydrogen) atoms. The van der Waals surface area contributed by atoms with E-state index in [9.17, 15) is 8.78 Å². The first-order valence-electron chi connectivity index (χ1n) is 7.63. The van der Waals surface area contributed by atoms with Crippen molar-refractivity contribution in [1.82, 2.24) is 4.90 Å². The van der Waals surface area contributed by atoms with Gasteiger partial charge in [0, 0.05) is 23.2 Å². The van der Waals surface area contributed by atoms with Crippen LogP contribution in [0.5, 0.6) is 0 Å². The Labute approximate surface area is 130 Å². The largest absolute Gasteiger partial charge is 0.381 e. The van der Waals surface area contributed by atoms with E-state index in [0.717, 1.165) is 18.8 Å². The van der Waals surface area contributed by atoms with Gasteiger partial charge in [-0.15, -0.1) is 0 Å². The second-order valence-electron chi connectivity index (χ2n) is 5.60. The highest BCUT2D eigenvalue weighted by Crippen LogP contribution is 2.33. The molecule has 1 aliphatic rings. The molecule has 0 aromatic heterocycles. The summed E-state index contributed by atoms with van der Waals surface area (Å²) in [4.78, 5) is 3.09. The fourth-order valence-corrected chi connectivity index (χ4v) is 3.54. The molecule has 0 aliphatic carbocycles. The molecule has 2 unspecified atom stereocenters. The molecule has 1 saturated heterocycles. The lowest BCUT2D eigenvalue weighted by Crippen LogP contribution is -2.41. The third kappa shape index (κ3) is 4.85. The monoisotopic (exact) mass is 314 g/mol. The van der Waals surface area contributed by atoms with E-state index in [1.165, 1.54) is 19.4 Å². The number of nitrogens with one attached hydrogen (secondary N) is 1. The predicted octanol–water partition coefficient (Wildman–Crippen LogP) is 4.53. The molecule has 1 aromatic rings. The molecule has 118 valence electrons. The summed E-state index contributed by atoms with van der Waals surface area (Å²) < 4.78 is 25.2. The third-order valence-corrected chi connectivity index (χ3v) is 4.97. The number of likely N-dealkylation sites (tertiary alicyclic amines) is 1. The maximum absolute atomic E-state index is 12.6. The van der Waals surface area contributed by atoms with Crippen molar-refractivity contribution in [2.24, 2.45) is 5.92 Å². The van der Waals surface area contributed by atoms with Crippen LogP contribution in [0.25, 0.3) is 0 Å². The number of nitrogens with zero attached hydrogens (tertiary/aromatic N) is 1. The second-order valence-corrected chi connectivity index (χ2v) is 6.64. The van der Waals surface area contributed by atoms with Gasteiger partial charge in [-0.05, 0) is 50.9 Å². The van der Waals surface area contributed by atoms with Crippen LogP contribution in [-0.4, -0.2) is 36.3 Å². The maximum Gasteiger partial charge on any atom is 0.288 e. The van der Waals surface area contributed by atoms with E-state index in [2.05, 4.69) is 24.1 Å². The first-order valence-corrected chi connectivity index (χ1v) is 8.50. The second kappa shape index (κ2) is 7.99. The summed E-state index contributed by atoms with van der Waals surface area (Å²) in [5.74, 6) is -1.81. The van der Waals surface area contributed by atoms with Crippen LogP contribution in [0, 0.1) is 5.92 Å². The highest BCUT2D eigenvalue weighted by atomic mass is 32.2. The average Bonchev–Trinajstić information content (AvgIpc) is 2.48. The normalized spacial score (nSPS) is 21.5. The van der Waals surface area contributed by atoms with Crippen molar-refractivity contribution < 1.29 is 8.78 Å². The average molecular weight is 314 g/mol. The molecule has 2 nitrogen and oxygen atoms in total. The van der Waals surface area contributed by atoms with Crippen molar-refractivity contribution >= 4 is 17.4 Å². The summed E-state index contributed by atoms with van der Waals surface area (Å²) in [6.07, 6.45) is 2.42. The molecule has 0 saturated carbocycles. The van der Waals surface area contributed by atoms with Gasteiger partial charge in [0.15, 0.2) is 0 Å². The number of hydrogen-bond acceptors (Lipinski definition) is 3. The highest BCUT2D eigenvalue weighted by Gasteiger charge is 2.24. The standard InChI is InChI=1S/C16H24F2N2S/c1-3-20-10-6-7-13(11-20)12(2)19-14-8-4-5-9-15(14)21-16(17)18/h4-5,8-9,12-13,16,19H,3,6-7,10-11H2,1-2H3. The van der Waals surface area contributed by atoms with Gasteiger partial charge in [0.2, 0.25) is 0 Å². The summed E-state index contributed by atoms with van der Waals surface area (Å²) in [7, 11) is 0. The predicted molar refractivity (Wildman–Crippen MR) is 86.2 cm³/mol. The van der Waals surface area contributed by atoms with Crippen LogP contribution < -0.4 is 5.32 Å². The van der Waals surface area contributed by atoms with Crippen molar-refractivity contribution in [3.05, 3.63) is 24.3 Å². The molecular formula is C16H24F2N2S. The van der Waals surface area contributed by atoms with E-state index in [-0.39, 0.29) is 0 Å². The summed E-state index contributed by atoms with van der Waals surface area (Å²) in [5, 5.41) is 3.45. The molecule has 2 atom stereocenters. The van der Waals surface area contributed by atoms with E-state index >= 15 is 0 Å². The number of benzene rings is 1. The Kier molecular flexibility index (Phi) is 6.30. The number of piperidine rings is 1. The first kappa shape index (κ1) is 16.6. The fraction of sp³-hybridized carbons (Fsp3) is 0.625. The molecule has 1 aromatic carbocycles. The molecule has 1 heterocycles. The lowest BCUT2D eigenvalue weighted by Gasteiger charge is -2.36. The van der Waals surface area contributed by atoms with Crippen molar-refractivity contribution in [3.63, 3.8) is 0 Å². The molecule has 0 radical (unpaired) electrons. The first-order chi connectivity index (χ1) is 10.1. The SMILES string of the molecule is CCN1CCCC(C(C)Nc2ccccc2SC(F)F)C1. The van der Waals surface area contributed by atoms with Crippen LogP contribution in [0.1, 0.15) is 26.7 Å². The van der Waals surface area contributed by atoms with E-state index in [0.29, 0.717) is 28.6 Å². The van der Waals surface area contributed by atoms with Crippen LogP contribution in [0.2, 0.25) is 0 Å². The zero-order valence-electron chi connectivity index (χ0n) is 12.7. The summed E-state index contributed by atoms with van der Waals surface area (Å²) in [5.41, 5.74) is 0.823. The van der Waals surface area contributed by atoms with Crippen molar-refractivity contribution in [2.45, 2.75) is 43.4 Å². The number of anilines is 1. The van der Waals surface area contributed by atoms with Crippen LogP contribution in [0.3, 0.4) is 0 Å². The van der Waals surface area contributed by atoms with Gasteiger partial charge in [-0.25, -0.2) is 0 Å². The van der Waals surface area contributed by atoms with Gasteiger partial charge < -0.3 is 10.2 Å². The molecule has 0 bridgehead atoms. The van der Waals surface area contributed by atoms with Crippen LogP contribution in [0.15, 0.2) is 29.2 Å². The van der Waals surface area contributed by atoms with Gasteiger partial charge in [-0.2, -0.15) is 8.78 Å². The van der Waals surface area contributed by atoms with Gasteiger partial charge in [0.25, 0.3) is 5.76 Å². The van der Waals surface area contributed by atoms with E-state index < -0.39 is 5.76 Å². The van der Waals surface area contributed by atoms with Crippen molar-refractivity contribution in [1.29, 1.82) is 0 Å². The molecular weight excluding hydrogens is 290 g/mol. The number of para-hydroxylation sites is 1. The van der Waals surface area contributed by atoms with Crippen LogP contribution in [-0.2, 0) is 0 Å². The van der Waals surface area contributed by atoms with Crippen LogP contribution in [0.4, 0.5) is 14.5 Å². The quantitative estimate of drug-likeness (QED) is 0.776. The van der Waals surface area contributed by atoms with Gasteiger partial charge in [-0.3, -0.25) is 0 Å². The molecule has 1 aliphatic heterocycles. The van der Waals surface area contributed by atoms with Crippen molar-refractivity contribution in [2.75, 3.05) is 25.0 Å². The smallest absolute Gasteiger partial charge is 0.288 e. The van der Waals surface area contributed by atoms with Gasteiger partial charge in [-0.1, -0.05) is 30.8 Å². The number of hydrogen-bond donors (Lipinski definition) is 1. The Morgan fingerprint density at radius 3 is 2.86 bits per heavy atom. The number of alkyl halides is 2. The highest BCUT2D eigenvalue weighted by molar-refractivity contribution is 7.99. The Morgan fingerprint density at radius 1 is 1.38 bits per heavy atom. The fourth-order valence-electron chi connectivity index (χ4n) is 2.93. The van der Waals surface area contributed by atoms with E-state index in [1.807, 2.05) is 12.1 Å². The Bertz CT molecular complexity index is 442. The molecule has 1 N–H and O–H groups in total. The topological polar surface area (TPSA) is 15.3 Å². The van der Waals surface area contributed by atoms with E-state index in [4.69, 9.17) is 0 Å². The molecule has 5 heteroatoms. The minimum atomic E-state index is -2.38. The van der Waals surface area contributed by atoms with Crippen molar-refractivity contribution in [3.8, 4) is 0 Å². The van der Waals surface area contributed by atoms with E-state index in [1.54, 1.807) is 12.1 Å². The minimum Gasteiger partial charge on any atom is -0.381 e. The number of rotatable bonds is 6. The lowest BCUT2D eigenvalue weighted by atomic mass is 9.91. The molecule has 0 amide bonds. The van der Waals surface area contributed by atoms with Gasteiger partial charge in [0.1, 0.15) is 0 Å². The molecule has 1 fully saturated rings. The molecule has 2 rings (SSSR count). The molecule has 0 spiro atoms. The number of halogens is 2. The zero-order valence-corrected chi connectivity index (χ0v) is 13.5. The minimum absolute atomic E-state index is 0.291.